The summed E-state index contributed by atoms with van der Waals surface area (Å²) < 4.78 is 19.1. The van der Waals surface area contributed by atoms with E-state index in [0.717, 1.165) is 15.7 Å². The van der Waals surface area contributed by atoms with Gasteiger partial charge < -0.3 is 19.2 Å². The molecule has 2 aromatic carbocycles. The summed E-state index contributed by atoms with van der Waals surface area (Å²) >= 11 is 1.25. The van der Waals surface area contributed by atoms with E-state index in [-0.39, 0.29) is 19.0 Å². The maximum atomic E-state index is 13.5. The highest BCUT2D eigenvalue weighted by atomic mass is 32.1. The first-order valence-corrected chi connectivity index (χ1v) is 11.2. The molecular formula is C23H19N5O6S. The van der Waals surface area contributed by atoms with Crippen molar-refractivity contribution >= 4 is 43.2 Å². The van der Waals surface area contributed by atoms with Crippen molar-refractivity contribution in [3.8, 4) is 11.5 Å². The van der Waals surface area contributed by atoms with Crippen LogP contribution in [0.2, 0.25) is 0 Å². The topological polar surface area (TPSA) is 130 Å². The van der Waals surface area contributed by atoms with Crippen molar-refractivity contribution in [2.24, 2.45) is 0 Å². The molecule has 1 amide bonds. The Morgan fingerprint density at radius 2 is 1.94 bits per heavy atom. The van der Waals surface area contributed by atoms with Gasteiger partial charge in [0.25, 0.3) is 5.56 Å². The van der Waals surface area contributed by atoms with E-state index in [4.69, 9.17) is 13.9 Å². The summed E-state index contributed by atoms with van der Waals surface area (Å²) in [6.07, 6.45) is 1.12. The van der Waals surface area contributed by atoms with Crippen LogP contribution in [0.1, 0.15) is 5.89 Å². The number of ether oxygens (including phenoxy) is 2. The van der Waals surface area contributed by atoms with Gasteiger partial charge in [0, 0.05) is 16.2 Å². The number of fused-ring (bicyclic) bond motifs is 3. The van der Waals surface area contributed by atoms with Gasteiger partial charge in [0.1, 0.15) is 29.3 Å². The van der Waals surface area contributed by atoms with Crippen molar-refractivity contribution in [3.05, 3.63) is 75.6 Å². The summed E-state index contributed by atoms with van der Waals surface area (Å²) in [5.74, 6) is 0.590. The average Bonchev–Trinajstić information content (AvgIpc) is 3.52. The number of methoxy groups -OCH3 is 2. The molecule has 3 aromatic heterocycles. The Kier molecular flexibility index (Phi) is 5.79. The first-order valence-electron chi connectivity index (χ1n) is 10.4. The predicted octanol–water partition coefficient (Wildman–Crippen LogP) is 2.47. The summed E-state index contributed by atoms with van der Waals surface area (Å²) in [6.45, 7) is -0.550. The van der Waals surface area contributed by atoms with Gasteiger partial charge in [-0.3, -0.25) is 14.2 Å². The lowest BCUT2D eigenvalue weighted by atomic mass is 10.2. The Balaban J connectivity index is 1.61. The minimum atomic E-state index is -0.666. The number of amides is 1. The highest BCUT2D eigenvalue weighted by molar-refractivity contribution is 7.25. The summed E-state index contributed by atoms with van der Waals surface area (Å²) in [4.78, 5) is 39.8. The molecule has 3 heterocycles. The smallest absolute Gasteiger partial charge is 0.332 e. The number of carbonyl (C=O) groups excluding carboxylic acids is 1. The zero-order valence-electron chi connectivity index (χ0n) is 18.7. The molecule has 11 nitrogen and oxygen atoms in total. The zero-order valence-corrected chi connectivity index (χ0v) is 19.5. The number of benzene rings is 2. The maximum Gasteiger partial charge on any atom is 0.332 e. The number of thiophene rings is 1. The molecule has 5 aromatic rings. The molecule has 0 aliphatic heterocycles. The second kappa shape index (κ2) is 9.06. The van der Waals surface area contributed by atoms with E-state index in [1.807, 2.05) is 24.3 Å². The van der Waals surface area contributed by atoms with Gasteiger partial charge in [-0.05, 0) is 18.2 Å². The van der Waals surface area contributed by atoms with E-state index >= 15 is 0 Å². The minimum Gasteiger partial charge on any atom is -0.497 e. The van der Waals surface area contributed by atoms with E-state index in [2.05, 4.69) is 15.5 Å². The van der Waals surface area contributed by atoms with Crippen LogP contribution in [-0.4, -0.2) is 39.5 Å². The first-order chi connectivity index (χ1) is 17.0. The van der Waals surface area contributed by atoms with Crippen LogP contribution in [0.15, 0.2) is 62.9 Å². The van der Waals surface area contributed by atoms with Gasteiger partial charge in [-0.25, -0.2) is 9.36 Å². The normalized spacial score (nSPS) is 11.1. The zero-order chi connectivity index (χ0) is 24.5. The van der Waals surface area contributed by atoms with E-state index in [1.165, 1.54) is 30.1 Å². The molecular weight excluding hydrogens is 474 g/mol. The fraction of sp³-hybridized carbons (Fsp3) is 0.174. The van der Waals surface area contributed by atoms with Crippen LogP contribution >= 0.6 is 11.3 Å². The molecule has 35 heavy (non-hydrogen) atoms. The summed E-state index contributed by atoms with van der Waals surface area (Å²) in [5.41, 5.74) is -0.338. The molecule has 12 heteroatoms. The largest absolute Gasteiger partial charge is 0.497 e. The molecule has 0 saturated heterocycles. The minimum absolute atomic E-state index is 0.101. The lowest BCUT2D eigenvalue weighted by Gasteiger charge is -2.14. The van der Waals surface area contributed by atoms with Gasteiger partial charge >= 0.3 is 5.69 Å². The van der Waals surface area contributed by atoms with Crippen molar-refractivity contribution in [2.45, 2.75) is 13.1 Å². The summed E-state index contributed by atoms with van der Waals surface area (Å²) in [7, 11) is 3.00. The molecule has 1 N–H and O–H groups in total. The summed E-state index contributed by atoms with van der Waals surface area (Å²) in [5, 5.41) is 10.8. The van der Waals surface area contributed by atoms with E-state index in [0.29, 0.717) is 32.8 Å². The fourth-order valence-corrected chi connectivity index (χ4v) is 4.97. The third kappa shape index (κ3) is 4.04. The highest BCUT2D eigenvalue weighted by Crippen LogP contribution is 2.31. The van der Waals surface area contributed by atoms with Crippen molar-refractivity contribution in [2.75, 3.05) is 19.5 Å². The number of aromatic nitrogens is 4. The Labute approximate surface area is 201 Å². The number of anilines is 1. The molecule has 0 bridgehead atoms. The Hall–Kier alpha value is -4.45. The van der Waals surface area contributed by atoms with Crippen LogP contribution < -0.4 is 26.0 Å². The number of rotatable bonds is 7. The van der Waals surface area contributed by atoms with Gasteiger partial charge in [0.2, 0.25) is 18.2 Å². The lowest BCUT2D eigenvalue weighted by Crippen LogP contribution is -2.41. The van der Waals surface area contributed by atoms with E-state index < -0.39 is 17.2 Å². The van der Waals surface area contributed by atoms with Crippen LogP contribution in [0.5, 0.6) is 11.5 Å². The molecule has 0 fully saturated rings. The highest BCUT2D eigenvalue weighted by Gasteiger charge is 2.21. The number of hydrogen-bond donors (Lipinski definition) is 1. The molecule has 0 unspecified atom stereocenters. The van der Waals surface area contributed by atoms with Crippen LogP contribution in [0.4, 0.5) is 5.69 Å². The molecule has 0 saturated carbocycles. The fourth-order valence-electron chi connectivity index (χ4n) is 3.82. The summed E-state index contributed by atoms with van der Waals surface area (Å²) in [6, 6.07) is 12.3. The van der Waals surface area contributed by atoms with Crippen LogP contribution in [0.25, 0.3) is 20.3 Å². The molecule has 0 aliphatic carbocycles. The van der Waals surface area contributed by atoms with Crippen molar-refractivity contribution in [1.29, 1.82) is 0 Å². The van der Waals surface area contributed by atoms with Crippen LogP contribution in [0.3, 0.4) is 0 Å². The number of hydrogen-bond acceptors (Lipinski definition) is 9. The van der Waals surface area contributed by atoms with Gasteiger partial charge in [0.15, 0.2) is 0 Å². The molecule has 5 rings (SSSR count). The number of nitrogens with one attached hydrogen (secondary N) is 1. The average molecular weight is 494 g/mol. The van der Waals surface area contributed by atoms with Gasteiger partial charge in [0.05, 0.1) is 25.4 Å². The number of carbonyl (C=O) groups is 1. The second-order valence-corrected chi connectivity index (χ2v) is 8.54. The van der Waals surface area contributed by atoms with Gasteiger partial charge in [-0.2, -0.15) is 0 Å². The molecule has 0 atom stereocenters. The van der Waals surface area contributed by atoms with Gasteiger partial charge in [-0.1, -0.05) is 18.2 Å². The molecule has 0 spiro atoms. The second-order valence-electron chi connectivity index (χ2n) is 7.48. The molecule has 0 radical (unpaired) electrons. The van der Waals surface area contributed by atoms with E-state index in [1.54, 1.807) is 18.2 Å². The predicted molar refractivity (Wildman–Crippen MR) is 129 cm³/mol. The SMILES string of the molecule is COc1ccc(NC(=O)Cn2c(=O)n(Cc3nnco3)c(=O)c3sc4ccccc4c32)c(OC)c1. The maximum absolute atomic E-state index is 13.5. The third-order valence-electron chi connectivity index (χ3n) is 5.42. The Bertz CT molecular complexity index is 1670. The van der Waals surface area contributed by atoms with Crippen molar-refractivity contribution in [1.82, 2.24) is 19.3 Å². The monoisotopic (exact) mass is 493 g/mol. The quantitative estimate of drug-likeness (QED) is 0.366. The Morgan fingerprint density at radius 1 is 1.11 bits per heavy atom. The van der Waals surface area contributed by atoms with Crippen molar-refractivity contribution in [3.63, 3.8) is 0 Å². The van der Waals surface area contributed by atoms with Crippen molar-refractivity contribution < 1.29 is 18.7 Å². The van der Waals surface area contributed by atoms with Gasteiger partial charge in [-0.15, -0.1) is 21.5 Å². The van der Waals surface area contributed by atoms with Crippen LogP contribution in [-0.2, 0) is 17.9 Å². The number of nitrogens with zero attached hydrogens (tertiary/aromatic N) is 4. The van der Waals surface area contributed by atoms with Crippen LogP contribution in [0, 0.1) is 0 Å². The lowest BCUT2D eigenvalue weighted by molar-refractivity contribution is -0.116. The third-order valence-corrected chi connectivity index (χ3v) is 6.57. The standard InChI is InChI=1S/C23H19N5O6S/c1-32-13-7-8-15(16(9-13)33-2)25-18(29)10-27-20-14-5-3-4-6-17(14)35-21(20)22(30)28(23(27)31)11-19-26-24-12-34-19/h3-9,12H,10-11H2,1-2H3,(H,25,29). The molecule has 178 valence electrons. The Morgan fingerprint density at radius 3 is 2.69 bits per heavy atom. The van der Waals surface area contributed by atoms with E-state index in [9.17, 15) is 14.4 Å². The first kappa shape index (κ1) is 22.3. The molecule has 0 aliphatic rings.